The number of hydrogen-bond donors (Lipinski definition) is 3. The second kappa shape index (κ2) is 18.7. The number of sulfonamides is 1. The highest BCUT2D eigenvalue weighted by molar-refractivity contribution is 7.89. The Labute approximate surface area is 257 Å². The molecule has 0 radical (unpaired) electrons. The fourth-order valence-corrected chi connectivity index (χ4v) is 6.74. The summed E-state index contributed by atoms with van der Waals surface area (Å²) in [6.07, 6.45) is 3.16. The van der Waals surface area contributed by atoms with Crippen LogP contribution in [-0.4, -0.2) is 68.2 Å². The number of nitrogens with one attached hydrogen (secondary N) is 1. The van der Waals surface area contributed by atoms with Gasteiger partial charge < -0.3 is 21.6 Å². The van der Waals surface area contributed by atoms with E-state index in [4.69, 9.17) is 11.5 Å². The van der Waals surface area contributed by atoms with Crippen molar-refractivity contribution in [3.05, 3.63) is 71.8 Å². The molecule has 10 heteroatoms. The van der Waals surface area contributed by atoms with Crippen molar-refractivity contribution >= 4 is 27.5 Å². The molecule has 0 heterocycles. The van der Waals surface area contributed by atoms with E-state index in [9.17, 15) is 22.8 Å². The fraction of sp³-hybridized carbons (Fsp3) is 0.545. The number of benzene rings is 2. The van der Waals surface area contributed by atoms with Crippen LogP contribution in [0.5, 0.6) is 0 Å². The number of carbonyl (C=O) groups is 3. The first-order valence-corrected chi connectivity index (χ1v) is 16.9. The molecule has 0 aromatic heterocycles. The highest BCUT2D eigenvalue weighted by Crippen LogP contribution is 2.23. The summed E-state index contributed by atoms with van der Waals surface area (Å²) in [4.78, 5) is 39.3. The number of unbranched alkanes of at least 4 members (excludes halogenated alkanes) is 1. The molecular weight excluding hydrogens is 564 g/mol. The minimum Gasteiger partial charge on any atom is -0.353 e. The molecule has 1 amide bonds. The molecule has 0 aliphatic heterocycles. The van der Waals surface area contributed by atoms with Crippen molar-refractivity contribution < 1.29 is 22.8 Å². The minimum atomic E-state index is -3.89. The van der Waals surface area contributed by atoms with Gasteiger partial charge in [-0.15, -0.1) is 0 Å². The predicted molar refractivity (Wildman–Crippen MR) is 172 cm³/mol. The summed E-state index contributed by atoms with van der Waals surface area (Å²) < 4.78 is 27.8. The summed E-state index contributed by atoms with van der Waals surface area (Å²) in [6.45, 7) is 5.11. The van der Waals surface area contributed by atoms with E-state index in [1.807, 2.05) is 67.6 Å². The molecule has 0 bridgehead atoms. The van der Waals surface area contributed by atoms with E-state index in [1.165, 1.54) is 11.2 Å². The third-order valence-electron chi connectivity index (χ3n) is 7.70. The van der Waals surface area contributed by atoms with Gasteiger partial charge in [0.05, 0.1) is 12.3 Å². The molecule has 5 N–H and O–H groups in total. The van der Waals surface area contributed by atoms with Gasteiger partial charge in [-0.25, -0.2) is 8.42 Å². The summed E-state index contributed by atoms with van der Waals surface area (Å²) >= 11 is 0. The number of rotatable bonds is 21. The summed E-state index contributed by atoms with van der Waals surface area (Å²) in [5.74, 6) is -2.62. The maximum atomic E-state index is 13.7. The number of Topliss-reactive ketones (excluding diaryl/α,β-unsaturated/α-hetero) is 2. The van der Waals surface area contributed by atoms with E-state index < -0.39 is 21.9 Å². The summed E-state index contributed by atoms with van der Waals surface area (Å²) in [7, 11) is -3.89. The minimum absolute atomic E-state index is 0.00736. The van der Waals surface area contributed by atoms with E-state index in [-0.39, 0.29) is 61.2 Å². The number of amides is 1. The van der Waals surface area contributed by atoms with Crippen molar-refractivity contribution in [2.75, 3.05) is 31.9 Å². The number of nitrogens with zero attached hydrogens (tertiary/aromatic N) is 1. The standard InChI is InChI=1S/C33H50N4O5S/c1-25(20-28-12-6-4-7-13-28)36-33(40)31(16-10-11-17-34)27(3)32(39)24-37(43(41,42)19-18-35)23-30(21-26(2)38)22-29-14-8-5-9-15-29/h4-9,12-15,25,27,30-31H,10-11,16-24,34-35H2,1-3H3,(H,36,40)/t25-,27?,30+,31-/m1/s1. The van der Waals surface area contributed by atoms with Gasteiger partial charge in [0.1, 0.15) is 5.78 Å². The van der Waals surface area contributed by atoms with Crippen LogP contribution in [0, 0.1) is 17.8 Å². The van der Waals surface area contributed by atoms with E-state index in [0.717, 1.165) is 11.1 Å². The van der Waals surface area contributed by atoms with E-state index in [1.54, 1.807) is 6.92 Å². The van der Waals surface area contributed by atoms with Gasteiger partial charge in [0.2, 0.25) is 15.9 Å². The lowest BCUT2D eigenvalue weighted by atomic mass is 9.85. The highest BCUT2D eigenvalue weighted by Gasteiger charge is 2.34. The zero-order valence-corrected chi connectivity index (χ0v) is 26.7. The van der Waals surface area contributed by atoms with Gasteiger partial charge >= 0.3 is 0 Å². The van der Waals surface area contributed by atoms with Crippen LogP contribution in [0.25, 0.3) is 0 Å². The smallest absolute Gasteiger partial charge is 0.224 e. The molecule has 2 rings (SSSR count). The van der Waals surface area contributed by atoms with Gasteiger partial charge in [0.25, 0.3) is 0 Å². The van der Waals surface area contributed by atoms with Crippen molar-refractivity contribution in [2.24, 2.45) is 29.2 Å². The first-order valence-electron chi connectivity index (χ1n) is 15.2. The Balaban J connectivity index is 2.24. The molecule has 9 nitrogen and oxygen atoms in total. The maximum absolute atomic E-state index is 13.7. The Morgan fingerprint density at radius 2 is 1.44 bits per heavy atom. The molecular formula is C33H50N4O5S. The number of ketones is 2. The van der Waals surface area contributed by atoms with Gasteiger partial charge in [-0.1, -0.05) is 74.0 Å². The zero-order valence-electron chi connectivity index (χ0n) is 25.9. The Morgan fingerprint density at radius 3 is 1.98 bits per heavy atom. The SMILES string of the molecule is CC(=O)C[C@@H](Cc1ccccc1)CN(CC(=O)C(C)[C@@H](CCCCN)C(=O)N[C@H](C)Cc1ccccc1)S(=O)(=O)CCN. The van der Waals surface area contributed by atoms with Crippen LogP contribution in [0.2, 0.25) is 0 Å². The van der Waals surface area contributed by atoms with Crippen LogP contribution in [0.1, 0.15) is 57.6 Å². The van der Waals surface area contributed by atoms with Gasteiger partial charge in [-0.05, 0) is 63.1 Å². The Kier molecular flexibility index (Phi) is 15.8. The summed E-state index contributed by atoms with van der Waals surface area (Å²) in [5.41, 5.74) is 13.4. The lowest BCUT2D eigenvalue weighted by Crippen LogP contribution is -2.46. The van der Waals surface area contributed by atoms with Gasteiger partial charge in [0.15, 0.2) is 5.78 Å². The highest BCUT2D eigenvalue weighted by atomic mass is 32.2. The van der Waals surface area contributed by atoms with Crippen LogP contribution in [0.3, 0.4) is 0 Å². The Bertz CT molecular complexity index is 1240. The summed E-state index contributed by atoms with van der Waals surface area (Å²) in [6, 6.07) is 19.2. The number of nitrogens with two attached hydrogens (primary N) is 2. The molecule has 0 aliphatic carbocycles. The second-order valence-electron chi connectivity index (χ2n) is 11.6. The van der Waals surface area contributed by atoms with Crippen LogP contribution in [-0.2, 0) is 37.2 Å². The fourth-order valence-electron chi connectivity index (χ4n) is 5.43. The third kappa shape index (κ3) is 13.1. The quantitative estimate of drug-likeness (QED) is 0.183. The monoisotopic (exact) mass is 614 g/mol. The molecule has 0 fully saturated rings. The third-order valence-corrected chi connectivity index (χ3v) is 9.51. The van der Waals surface area contributed by atoms with Crippen LogP contribution in [0.4, 0.5) is 0 Å². The summed E-state index contributed by atoms with van der Waals surface area (Å²) in [5, 5.41) is 3.07. The second-order valence-corrected chi connectivity index (χ2v) is 13.7. The van der Waals surface area contributed by atoms with Gasteiger partial charge in [-0.2, -0.15) is 4.31 Å². The van der Waals surface area contributed by atoms with Crippen molar-refractivity contribution in [3.63, 3.8) is 0 Å². The molecule has 4 atom stereocenters. The largest absolute Gasteiger partial charge is 0.353 e. The predicted octanol–water partition coefficient (Wildman–Crippen LogP) is 3.11. The molecule has 43 heavy (non-hydrogen) atoms. The number of carbonyl (C=O) groups excluding carboxylic acids is 3. The van der Waals surface area contributed by atoms with E-state index >= 15 is 0 Å². The lowest BCUT2D eigenvalue weighted by Gasteiger charge is -2.29. The van der Waals surface area contributed by atoms with Crippen molar-refractivity contribution in [1.82, 2.24) is 9.62 Å². The van der Waals surface area contributed by atoms with Gasteiger partial charge in [-0.3, -0.25) is 9.59 Å². The van der Waals surface area contributed by atoms with Gasteiger partial charge in [0, 0.05) is 37.4 Å². The lowest BCUT2D eigenvalue weighted by molar-refractivity contribution is -0.134. The molecule has 238 valence electrons. The van der Waals surface area contributed by atoms with Crippen LogP contribution >= 0.6 is 0 Å². The normalized spacial score (nSPS) is 14.6. The topological polar surface area (TPSA) is 153 Å². The van der Waals surface area contributed by atoms with Crippen molar-refractivity contribution in [1.29, 1.82) is 0 Å². The van der Waals surface area contributed by atoms with E-state index in [0.29, 0.717) is 38.6 Å². The zero-order chi connectivity index (χ0) is 31.8. The maximum Gasteiger partial charge on any atom is 0.224 e. The molecule has 0 spiro atoms. The molecule has 2 aromatic rings. The van der Waals surface area contributed by atoms with Crippen molar-refractivity contribution in [3.8, 4) is 0 Å². The van der Waals surface area contributed by atoms with Crippen LogP contribution in [0.15, 0.2) is 60.7 Å². The first-order chi connectivity index (χ1) is 20.5. The Morgan fingerprint density at radius 1 is 0.860 bits per heavy atom. The Hall–Kier alpha value is -2.92. The number of hydrogen-bond acceptors (Lipinski definition) is 7. The average molecular weight is 615 g/mol. The molecule has 0 saturated heterocycles. The average Bonchev–Trinajstić information content (AvgIpc) is 2.95. The molecule has 1 unspecified atom stereocenters. The van der Waals surface area contributed by atoms with Crippen LogP contribution < -0.4 is 16.8 Å². The van der Waals surface area contributed by atoms with Crippen molar-refractivity contribution in [2.45, 2.75) is 65.3 Å². The molecule has 2 aromatic carbocycles. The molecule has 0 aliphatic rings. The first kappa shape index (κ1) is 36.3. The molecule has 0 saturated carbocycles. The van der Waals surface area contributed by atoms with E-state index in [2.05, 4.69) is 5.32 Å².